The van der Waals surface area contributed by atoms with E-state index in [4.69, 9.17) is 9.47 Å². The standard InChI is InChI=1S/C17H25FN2O4S.ClH/c1-12-4-6-19-9-16(12)20-25(21,22)14-2-3-17(15(18)8-14)24-11-13-5-7-23-10-13;/h2-3,8,12-13,16,19-20H,4-7,9-11H2,1H3;1H. The van der Waals surface area contributed by atoms with Crippen molar-refractivity contribution in [2.24, 2.45) is 11.8 Å². The van der Waals surface area contributed by atoms with Gasteiger partial charge in [0.2, 0.25) is 10.0 Å². The Hall–Kier alpha value is -0.930. The average molecular weight is 409 g/mol. The summed E-state index contributed by atoms with van der Waals surface area (Å²) in [6.45, 7) is 5.16. The summed E-state index contributed by atoms with van der Waals surface area (Å²) in [6.07, 6.45) is 1.80. The molecule has 3 atom stereocenters. The van der Waals surface area contributed by atoms with E-state index in [1.165, 1.54) is 12.1 Å². The van der Waals surface area contributed by atoms with Crippen molar-refractivity contribution in [1.82, 2.24) is 10.0 Å². The first-order chi connectivity index (χ1) is 12.0. The van der Waals surface area contributed by atoms with Gasteiger partial charge in [0.1, 0.15) is 0 Å². The van der Waals surface area contributed by atoms with Gasteiger partial charge in [-0.1, -0.05) is 6.92 Å². The third kappa shape index (κ3) is 5.29. The molecule has 2 aliphatic heterocycles. The molecule has 2 heterocycles. The lowest BCUT2D eigenvalue weighted by atomic mass is 9.96. The Balaban J connectivity index is 0.00000243. The molecule has 3 unspecified atom stereocenters. The van der Waals surface area contributed by atoms with Crippen molar-refractivity contribution in [3.63, 3.8) is 0 Å². The van der Waals surface area contributed by atoms with Gasteiger partial charge < -0.3 is 14.8 Å². The Labute approximate surface area is 160 Å². The maximum Gasteiger partial charge on any atom is 0.240 e. The lowest BCUT2D eigenvalue weighted by molar-refractivity contribution is 0.165. The van der Waals surface area contributed by atoms with Crippen LogP contribution in [0, 0.1) is 17.7 Å². The molecule has 6 nitrogen and oxygen atoms in total. The molecule has 2 fully saturated rings. The fourth-order valence-electron chi connectivity index (χ4n) is 3.10. The average Bonchev–Trinajstić information content (AvgIpc) is 3.09. The Morgan fingerprint density at radius 1 is 1.38 bits per heavy atom. The van der Waals surface area contributed by atoms with Crippen LogP contribution in [0.2, 0.25) is 0 Å². The van der Waals surface area contributed by atoms with E-state index in [2.05, 4.69) is 10.0 Å². The van der Waals surface area contributed by atoms with Crippen molar-refractivity contribution in [1.29, 1.82) is 0 Å². The maximum absolute atomic E-state index is 14.2. The SMILES string of the molecule is CC1CCNCC1NS(=O)(=O)c1ccc(OCC2CCOC2)c(F)c1.Cl. The van der Waals surface area contributed by atoms with Crippen LogP contribution in [0.3, 0.4) is 0 Å². The van der Waals surface area contributed by atoms with Crippen molar-refractivity contribution >= 4 is 22.4 Å². The lowest BCUT2D eigenvalue weighted by Crippen LogP contribution is -2.50. The van der Waals surface area contributed by atoms with Crippen LogP contribution in [0.15, 0.2) is 23.1 Å². The van der Waals surface area contributed by atoms with Crippen molar-refractivity contribution < 1.29 is 22.3 Å². The van der Waals surface area contributed by atoms with Crippen LogP contribution in [0.5, 0.6) is 5.75 Å². The minimum atomic E-state index is -3.77. The predicted octanol–water partition coefficient (Wildman–Crippen LogP) is 1.94. The minimum Gasteiger partial charge on any atom is -0.490 e. The van der Waals surface area contributed by atoms with E-state index in [0.717, 1.165) is 25.5 Å². The van der Waals surface area contributed by atoms with E-state index in [1.54, 1.807) is 0 Å². The number of halogens is 2. The Bertz CT molecular complexity index is 698. The number of piperidine rings is 1. The number of hydrogen-bond donors (Lipinski definition) is 2. The number of nitrogens with one attached hydrogen (secondary N) is 2. The Kier molecular flexibility index (Phi) is 7.66. The van der Waals surface area contributed by atoms with Crippen LogP contribution in [-0.2, 0) is 14.8 Å². The fraction of sp³-hybridized carbons (Fsp3) is 0.647. The van der Waals surface area contributed by atoms with Gasteiger partial charge >= 0.3 is 0 Å². The first kappa shape index (κ1) is 21.4. The quantitative estimate of drug-likeness (QED) is 0.752. The van der Waals surface area contributed by atoms with Crippen LogP contribution in [0.25, 0.3) is 0 Å². The normalized spacial score (nSPS) is 26.3. The summed E-state index contributed by atoms with van der Waals surface area (Å²) in [4.78, 5) is -0.0840. The van der Waals surface area contributed by atoms with E-state index in [-0.39, 0.29) is 40.9 Å². The van der Waals surface area contributed by atoms with Gasteiger partial charge in [-0.15, -0.1) is 12.4 Å². The maximum atomic E-state index is 14.2. The third-order valence-electron chi connectivity index (χ3n) is 4.85. The molecule has 3 rings (SSSR count). The van der Waals surface area contributed by atoms with Crippen LogP contribution in [-0.4, -0.2) is 47.4 Å². The minimum absolute atomic E-state index is 0. The molecule has 1 aromatic rings. The van der Waals surface area contributed by atoms with E-state index >= 15 is 0 Å². The van der Waals surface area contributed by atoms with E-state index < -0.39 is 15.8 Å². The second kappa shape index (κ2) is 9.32. The van der Waals surface area contributed by atoms with Crippen molar-refractivity contribution in [2.45, 2.75) is 30.7 Å². The summed E-state index contributed by atoms with van der Waals surface area (Å²) < 4.78 is 52.7. The highest BCUT2D eigenvalue weighted by molar-refractivity contribution is 7.89. The van der Waals surface area contributed by atoms with Crippen molar-refractivity contribution in [3.8, 4) is 5.75 Å². The van der Waals surface area contributed by atoms with Gasteiger partial charge in [0.25, 0.3) is 0 Å². The molecule has 2 N–H and O–H groups in total. The summed E-state index contributed by atoms with van der Waals surface area (Å²) in [5, 5.41) is 3.17. The third-order valence-corrected chi connectivity index (χ3v) is 6.33. The zero-order valence-corrected chi connectivity index (χ0v) is 16.4. The summed E-state index contributed by atoms with van der Waals surface area (Å²) in [5.74, 6) is -0.114. The summed E-state index contributed by atoms with van der Waals surface area (Å²) in [7, 11) is -3.77. The molecule has 0 aliphatic carbocycles. The number of benzene rings is 1. The zero-order chi connectivity index (χ0) is 17.9. The Morgan fingerprint density at radius 2 is 2.19 bits per heavy atom. The van der Waals surface area contributed by atoms with Gasteiger partial charge in [0, 0.05) is 25.1 Å². The van der Waals surface area contributed by atoms with Gasteiger partial charge in [-0.3, -0.25) is 0 Å². The molecule has 0 aromatic heterocycles. The highest BCUT2D eigenvalue weighted by Gasteiger charge is 2.27. The number of hydrogen-bond acceptors (Lipinski definition) is 5. The van der Waals surface area contributed by atoms with Gasteiger partial charge in [-0.2, -0.15) is 0 Å². The summed E-state index contributed by atoms with van der Waals surface area (Å²) >= 11 is 0. The molecule has 0 spiro atoms. The topological polar surface area (TPSA) is 76.7 Å². The molecular weight excluding hydrogens is 383 g/mol. The number of rotatable bonds is 6. The first-order valence-corrected chi connectivity index (χ1v) is 10.2. The van der Waals surface area contributed by atoms with Crippen LogP contribution in [0.1, 0.15) is 19.8 Å². The van der Waals surface area contributed by atoms with Gasteiger partial charge in [-0.25, -0.2) is 17.5 Å². The van der Waals surface area contributed by atoms with E-state index in [0.29, 0.717) is 26.4 Å². The molecule has 2 aliphatic rings. The zero-order valence-electron chi connectivity index (χ0n) is 14.7. The van der Waals surface area contributed by atoms with Gasteiger partial charge in [-0.05, 0) is 43.5 Å². The Morgan fingerprint density at radius 3 is 2.85 bits per heavy atom. The van der Waals surface area contributed by atoms with E-state index in [9.17, 15) is 12.8 Å². The van der Waals surface area contributed by atoms with Crippen LogP contribution in [0.4, 0.5) is 4.39 Å². The smallest absolute Gasteiger partial charge is 0.240 e. The predicted molar refractivity (Wildman–Crippen MR) is 98.8 cm³/mol. The molecule has 0 saturated carbocycles. The van der Waals surface area contributed by atoms with Crippen LogP contribution < -0.4 is 14.8 Å². The molecule has 0 amide bonds. The summed E-state index contributed by atoms with van der Waals surface area (Å²) in [6, 6.07) is 3.58. The molecule has 0 bridgehead atoms. The lowest BCUT2D eigenvalue weighted by Gasteiger charge is -2.30. The molecular formula is C17H26ClFN2O4S. The number of ether oxygens (including phenoxy) is 2. The number of sulfonamides is 1. The fourth-order valence-corrected chi connectivity index (χ4v) is 4.46. The highest BCUT2D eigenvalue weighted by atomic mass is 35.5. The second-order valence-electron chi connectivity index (χ2n) is 6.83. The van der Waals surface area contributed by atoms with Gasteiger partial charge in [0.15, 0.2) is 11.6 Å². The largest absolute Gasteiger partial charge is 0.490 e. The second-order valence-corrected chi connectivity index (χ2v) is 8.54. The molecule has 9 heteroatoms. The first-order valence-electron chi connectivity index (χ1n) is 8.69. The van der Waals surface area contributed by atoms with Crippen molar-refractivity contribution in [3.05, 3.63) is 24.0 Å². The monoisotopic (exact) mass is 408 g/mol. The van der Waals surface area contributed by atoms with Gasteiger partial charge in [0.05, 0.1) is 18.1 Å². The molecule has 1 aromatic carbocycles. The summed E-state index contributed by atoms with van der Waals surface area (Å²) in [5.41, 5.74) is 0. The highest BCUT2D eigenvalue weighted by Crippen LogP contribution is 2.24. The van der Waals surface area contributed by atoms with Crippen molar-refractivity contribution in [2.75, 3.05) is 32.9 Å². The van der Waals surface area contributed by atoms with E-state index in [1.807, 2.05) is 6.92 Å². The molecule has 148 valence electrons. The molecule has 26 heavy (non-hydrogen) atoms. The molecule has 0 radical (unpaired) electrons. The molecule has 2 saturated heterocycles. The van der Waals surface area contributed by atoms with Crippen LogP contribution >= 0.6 is 12.4 Å².